The van der Waals surface area contributed by atoms with Gasteiger partial charge in [0.2, 0.25) is 0 Å². The Kier molecular flexibility index (Phi) is 8.03. The first kappa shape index (κ1) is 22.8. The third-order valence-corrected chi connectivity index (χ3v) is 5.70. The fourth-order valence-electron chi connectivity index (χ4n) is 4.06. The Morgan fingerprint density at radius 2 is 1.77 bits per heavy atom. The number of rotatable bonds is 8. The van der Waals surface area contributed by atoms with Crippen molar-refractivity contribution in [2.24, 2.45) is 0 Å². The van der Waals surface area contributed by atoms with Gasteiger partial charge >= 0.3 is 0 Å². The van der Waals surface area contributed by atoms with Crippen molar-refractivity contribution < 1.29 is 24.1 Å². The molecular formula is C24H34N4O3+2. The molecule has 31 heavy (non-hydrogen) atoms. The molecule has 4 N–H and O–H groups in total. The van der Waals surface area contributed by atoms with Crippen LogP contribution in [0.25, 0.3) is 0 Å². The summed E-state index contributed by atoms with van der Waals surface area (Å²) in [6.45, 7) is 9.88. The van der Waals surface area contributed by atoms with Crippen LogP contribution in [0.15, 0.2) is 42.5 Å². The van der Waals surface area contributed by atoms with Crippen LogP contribution in [0.2, 0.25) is 0 Å². The lowest BCUT2D eigenvalue weighted by atomic mass is 10.1. The van der Waals surface area contributed by atoms with E-state index in [0.29, 0.717) is 24.3 Å². The fourth-order valence-corrected chi connectivity index (χ4v) is 4.06. The number of hydrogen-bond acceptors (Lipinski definition) is 3. The van der Waals surface area contributed by atoms with E-state index in [0.717, 1.165) is 38.5 Å². The van der Waals surface area contributed by atoms with Crippen LogP contribution in [0.5, 0.6) is 5.75 Å². The summed E-state index contributed by atoms with van der Waals surface area (Å²) >= 11 is 0. The summed E-state index contributed by atoms with van der Waals surface area (Å²) in [6.07, 6.45) is 0. The van der Waals surface area contributed by atoms with Gasteiger partial charge in [0.25, 0.3) is 11.8 Å². The molecule has 3 rings (SSSR count). The van der Waals surface area contributed by atoms with Gasteiger partial charge in [0.1, 0.15) is 38.5 Å². The van der Waals surface area contributed by atoms with E-state index in [1.807, 2.05) is 19.1 Å². The summed E-state index contributed by atoms with van der Waals surface area (Å²) in [4.78, 5) is 27.3. The number of carbonyl (C=O) groups is 2. The van der Waals surface area contributed by atoms with Gasteiger partial charge in [-0.25, -0.2) is 0 Å². The van der Waals surface area contributed by atoms with Gasteiger partial charge < -0.3 is 25.2 Å². The third-order valence-electron chi connectivity index (χ3n) is 5.70. The van der Waals surface area contributed by atoms with E-state index in [9.17, 15) is 9.59 Å². The van der Waals surface area contributed by atoms with Crippen LogP contribution in [-0.2, 0) is 11.3 Å². The standard InChI is InChI=1S/C24H32N4O3/c1-4-25-24(30)19-6-5-7-21(15-19)26-23(29)17-28-12-10-27(11-13-28)16-20-14-18(2)8-9-22(20)31-3/h5-9,14-15H,4,10-13,16-17H2,1-3H3,(H,25,30)(H,26,29)/p+2. The van der Waals surface area contributed by atoms with Crippen LogP contribution in [0.3, 0.4) is 0 Å². The zero-order valence-corrected chi connectivity index (χ0v) is 18.7. The molecule has 0 aliphatic carbocycles. The van der Waals surface area contributed by atoms with E-state index in [1.54, 1.807) is 25.3 Å². The minimum Gasteiger partial charge on any atom is -0.496 e. The van der Waals surface area contributed by atoms with Gasteiger partial charge in [-0.2, -0.15) is 0 Å². The van der Waals surface area contributed by atoms with Gasteiger partial charge in [-0.15, -0.1) is 0 Å². The number of amides is 2. The molecule has 0 unspecified atom stereocenters. The number of methoxy groups -OCH3 is 1. The Hall–Kier alpha value is -2.90. The topological polar surface area (TPSA) is 76.3 Å². The molecule has 1 heterocycles. The summed E-state index contributed by atoms with van der Waals surface area (Å²) in [5.74, 6) is 0.794. The molecule has 1 aliphatic heterocycles. The van der Waals surface area contributed by atoms with Crippen LogP contribution in [0, 0.1) is 6.92 Å². The summed E-state index contributed by atoms with van der Waals surface area (Å²) in [7, 11) is 1.72. The highest BCUT2D eigenvalue weighted by Crippen LogP contribution is 2.18. The number of piperazine rings is 1. The lowest BCUT2D eigenvalue weighted by molar-refractivity contribution is -1.02. The SMILES string of the molecule is CCNC(=O)c1cccc(NC(=O)C[NH+]2CC[NH+](Cc3cc(C)ccc3OC)CC2)c1. The minimum atomic E-state index is -0.131. The Balaban J connectivity index is 1.48. The van der Waals surface area contributed by atoms with Gasteiger partial charge in [-0.3, -0.25) is 9.59 Å². The first-order valence-electron chi connectivity index (χ1n) is 11.0. The number of ether oxygens (including phenoxy) is 1. The van der Waals surface area contributed by atoms with Gasteiger partial charge in [0, 0.05) is 23.4 Å². The minimum absolute atomic E-state index is 0.0214. The zero-order valence-electron chi connectivity index (χ0n) is 18.7. The second kappa shape index (κ2) is 10.9. The van der Waals surface area contributed by atoms with Crippen molar-refractivity contribution in [2.45, 2.75) is 20.4 Å². The average molecular weight is 427 g/mol. The smallest absolute Gasteiger partial charge is 0.279 e. The lowest BCUT2D eigenvalue weighted by Gasteiger charge is -2.29. The number of nitrogens with one attached hydrogen (secondary N) is 4. The highest BCUT2D eigenvalue weighted by atomic mass is 16.5. The number of anilines is 1. The Morgan fingerprint density at radius 3 is 2.48 bits per heavy atom. The average Bonchev–Trinajstić information content (AvgIpc) is 2.75. The van der Waals surface area contributed by atoms with Crippen LogP contribution >= 0.6 is 0 Å². The monoisotopic (exact) mass is 426 g/mol. The van der Waals surface area contributed by atoms with Crippen molar-refractivity contribution in [3.63, 3.8) is 0 Å². The molecule has 7 nitrogen and oxygen atoms in total. The normalized spacial score (nSPS) is 18.3. The maximum atomic E-state index is 12.5. The largest absolute Gasteiger partial charge is 0.496 e. The van der Waals surface area contributed by atoms with Crippen molar-refractivity contribution >= 4 is 17.5 Å². The van der Waals surface area contributed by atoms with E-state index in [1.165, 1.54) is 20.9 Å². The molecule has 2 amide bonds. The molecule has 7 heteroatoms. The van der Waals surface area contributed by atoms with E-state index in [-0.39, 0.29) is 11.8 Å². The fraction of sp³-hybridized carbons (Fsp3) is 0.417. The van der Waals surface area contributed by atoms with Gasteiger partial charge in [0.15, 0.2) is 6.54 Å². The van der Waals surface area contributed by atoms with Crippen molar-refractivity contribution in [1.82, 2.24) is 5.32 Å². The second-order valence-corrected chi connectivity index (χ2v) is 8.16. The number of carbonyl (C=O) groups excluding carboxylic acids is 2. The van der Waals surface area contributed by atoms with Crippen LogP contribution in [-0.4, -0.2) is 58.2 Å². The van der Waals surface area contributed by atoms with E-state index < -0.39 is 0 Å². The number of quaternary nitrogens is 2. The van der Waals surface area contributed by atoms with E-state index in [4.69, 9.17) is 4.74 Å². The van der Waals surface area contributed by atoms with Crippen molar-refractivity contribution in [1.29, 1.82) is 0 Å². The number of aryl methyl sites for hydroxylation is 1. The summed E-state index contributed by atoms with van der Waals surface area (Å²) in [5.41, 5.74) is 3.69. The molecule has 0 saturated carbocycles. The molecule has 0 aromatic heterocycles. The summed E-state index contributed by atoms with van der Waals surface area (Å²) in [5, 5.41) is 5.71. The lowest BCUT2D eigenvalue weighted by Crippen LogP contribution is -3.28. The van der Waals surface area contributed by atoms with Crippen molar-refractivity contribution in [3.8, 4) is 5.75 Å². The Morgan fingerprint density at radius 1 is 1.03 bits per heavy atom. The zero-order chi connectivity index (χ0) is 22.2. The molecule has 1 aliphatic rings. The second-order valence-electron chi connectivity index (χ2n) is 8.16. The van der Waals surface area contributed by atoms with Gasteiger partial charge in [0.05, 0.1) is 7.11 Å². The molecule has 0 spiro atoms. The first-order chi connectivity index (χ1) is 15.0. The van der Waals surface area contributed by atoms with Crippen molar-refractivity contribution in [2.75, 3.05) is 51.7 Å². The van der Waals surface area contributed by atoms with E-state index in [2.05, 4.69) is 29.7 Å². The molecular weight excluding hydrogens is 392 g/mol. The summed E-state index contributed by atoms with van der Waals surface area (Å²) < 4.78 is 5.51. The first-order valence-corrected chi connectivity index (χ1v) is 11.0. The molecule has 2 aromatic rings. The quantitative estimate of drug-likeness (QED) is 0.467. The highest BCUT2D eigenvalue weighted by molar-refractivity contribution is 5.97. The Labute approximate surface area is 184 Å². The number of hydrogen-bond donors (Lipinski definition) is 4. The van der Waals surface area contributed by atoms with Crippen LogP contribution in [0.1, 0.15) is 28.4 Å². The molecule has 166 valence electrons. The van der Waals surface area contributed by atoms with Gasteiger partial charge in [-0.1, -0.05) is 17.7 Å². The maximum absolute atomic E-state index is 12.5. The van der Waals surface area contributed by atoms with Gasteiger partial charge in [-0.05, 0) is 44.2 Å². The predicted octanol–water partition coefficient (Wildman–Crippen LogP) is -0.325. The third kappa shape index (κ3) is 6.54. The maximum Gasteiger partial charge on any atom is 0.279 e. The molecule has 0 radical (unpaired) electrons. The molecule has 0 atom stereocenters. The molecule has 1 fully saturated rings. The van der Waals surface area contributed by atoms with Crippen LogP contribution < -0.4 is 25.2 Å². The van der Waals surface area contributed by atoms with E-state index >= 15 is 0 Å². The number of benzene rings is 2. The Bertz CT molecular complexity index is 907. The predicted molar refractivity (Wildman–Crippen MR) is 121 cm³/mol. The molecule has 2 aromatic carbocycles. The van der Waals surface area contributed by atoms with Crippen molar-refractivity contribution in [3.05, 3.63) is 59.2 Å². The molecule has 1 saturated heterocycles. The van der Waals surface area contributed by atoms with Crippen LogP contribution in [0.4, 0.5) is 5.69 Å². The highest BCUT2D eigenvalue weighted by Gasteiger charge is 2.25. The summed E-state index contributed by atoms with van der Waals surface area (Å²) in [6, 6.07) is 13.4. The molecule has 0 bridgehead atoms.